The largest absolute Gasteiger partial charge is 0.469 e. The number of ketones is 3. The van der Waals surface area contributed by atoms with Crippen molar-refractivity contribution in [2.75, 3.05) is 13.7 Å². The van der Waals surface area contributed by atoms with E-state index in [2.05, 4.69) is 20.8 Å². The van der Waals surface area contributed by atoms with E-state index in [1.54, 1.807) is 0 Å². The lowest BCUT2D eigenvalue weighted by Gasteiger charge is -2.58. The summed E-state index contributed by atoms with van der Waals surface area (Å²) < 4.78 is 10.8. The molecule has 0 aromatic heterocycles. The van der Waals surface area contributed by atoms with Crippen LogP contribution in [0.2, 0.25) is 0 Å². The molecule has 0 saturated heterocycles. The Bertz CT molecular complexity index is 1660. The number of aliphatic imine (C=N–C) groups is 1. The van der Waals surface area contributed by atoms with Crippen molar-refractivity contribution in [1.82, 2.24) is 0 Å². The number of ether oxygens (including phenoxy) is 2. The van der Waals surface area contributed by atoms with E-state index in [0.29, 0.717) is 38.5 Å². The van der Waals surface area contributed by atoms with Gasteiger partial charge in [-0.05, 0) is 67.6 Å². The smallest absolute Gasteiger partial charge is 0.307 e. The van der Waals surface area contributed by atoms with Gasteiger partial charge in [-0.25, -0.2) is 0 Å². The van der Waals surface area contributed by atoms with Crippen LogP contribution in [0.5, 0.6) is 0 Å². The maximum Gasteiger partial charge on any atom is 0.307 e. The second kappa shape index (κ2) is 15.2. The van der Waals surface area contributed by atoms with E-state index >= 15 is 0 Å². The molecule has 278 valence electrons. The molecule has 0 radical (unpaired) electrons. The van der Waals surface area contributed by atoms with Crippen molar-refractivity contribution in [2.45, 2.75) is 104 Å². The fraction of sp³-hybridized carbons (Fsp3) is 0.591. The van der Waals surface area contributed by atoms with Gasteiger partial charge in [0.1, 0.15) is 17.3 Å². The van der Waals surface area contributed by atoms with Gasteiger partial charge in [0.2, 0.25) is 0 Å². The summed E-state index contributed by atoms with van der Waals surface area (Å²) in [6, 6.07) is 19.6. The van der Waals surface area contributed by atoms with Crippen molar-refractivity contribution < 1.29 is 33.4 Å². The van der Waals surface area contributed by atoms with Crippen LogP contribution < -0.4 is 0 Å². The van der Waals surface area contributed by atoms with Crippen molar-refractivity contribution in [2.24, 2.45) is 51.3 Å². The molecule has 2 aromatic carbocycles. The monoisotopic (exact) mass is 709 g/mol. The summed E-state index contributed by atoms with van der Waals surface area (Å²) in [6.07, 6.45) is 5.56. The molecule has 52 heavy (non-hydrogen) atoms. The maximum absolute atomic E-state index is 14.2. The lowest BCUT2D eigenvalue weighted by atomic mass is 9.44. The first-order valence-electron chi connectivity index (χ1n) is 19.3. The van der Waals surface area contributed by atoms with Crippen molar-refractivity contribution in [3.05, 3.63) is 71.8 Å². The van der Waals surface area contributed by atoms with E-state index in [9.17, 15) is 24.0 Å². The van der Waals surface area contributed by atoms with Gasteiger partial charge in [-0.15, -0.1) is 0 Å². The average molecular weight is 710 g/mol. The first kappa shape index (κ1) is 37.8. The predicted octanol–water partition coefficient (Wildman–Crippen LogP) is 7.78. The molecule has 6 rings (SSSR count). The van der Waals surface area contributed by atoms with Gasteiger partial charge in [0.25, 0.3) is 0 Å². The highest BCUT2D eigenvalue weighted by Gasteiger charge is 2.66. The van der Waals surface area contributed by atoms with Crippen molar-refractivity contribution in [3.63, 3.8) is 0 Å². The molecule has 8 heteroatoms. The number of rotatable bonds is 12. The van der Waals surface area contributed by atoms with Gasteiger partial charge in [-0.1, -0.05) is 81.4 Å². The average Bonchev–Trinajstić information content (AvgIpc) is 3.49. The molecule has 0 bridgehead atoms. The normalized spacial score (nSPS) is 31.3. The van der Waals surface area contributed by atoms with Crippen LogP contribution in [0.1, 0.15) is 109 Å². The summed E-state index contributed by atoms with van der Waals surface area (Å²) >= 11 is 0. The molecule has 2 aromatic rings. The van der Waals surface area contributed by atoms with Crippen LogP contribution in [0.3, 0.4) is 0 Å². The zero-order valence-electron chi connectivity index (χ0n) is 31.5. The number of carbonyl (C=O) groups is 5. The van der Waals surface area contributed by atoms with E-state index < -0.39 is 16.9 Å². The number of esters is 2. The maximum atomic E-state index is 14.2. The van der Waals surface area contributed by atoms with Crippen LogP contribution in [-0.2, 0) is 33.4 Å². The number of methoxy groups -OCH3 is 1. The Labute approximate surface area is 308 Å². The lowest BCUT2D eigenvalue weighted by molar-refractivity contribution is -0.166. The molecule has 4 fully saturated rings. The van der Waals surface area contributed by atoms with E-state index in [1.165, 1.54) is 7.11 Å². The number of hydrogen-bond donors (Lipinski definition) is 0. The topological polar surface area (TPSA) is 116 Å². The van der Waals surface area contributed by atoms with Crippen LogP contribution in [0.15, 0.2) is 65.7 Å². The van der Waals surface area contributed by atoms with Crippen LogP contribution >= 0.6 is 0 Å². The summed E-state index contributed by atoms with van der Waals surface area (Å²) in [4.78, 5) is 71.1. The third-order valence-electron chi connectivity index (χ3n) is 13.8. The summed E-state index contributed by atoms with van der Waals surface area (Å²) in [5, 5.41) is 0. The third-order valence-corrected chi connectivity index (χ3v) is 13.8. The molecule has 0 heterocycles. The van der Waals surface area contributed by atoms with Gasteiger partial charge in [-0.2, -0.15) is 0 Å². The molecule has 3 unspecified atom stereocenters. The number of hydrogen-bond acceptors (Lipinski definition) is 8. The zero-order chi connectivity index (χ0) is 37.3. The Hall–Kier alpha value is -3.94. The van der Waals surface area contributed by atoms with Gasteiger partial charge < -0.3 is 9.47 Å². The molecule has 9 atom stereocenters. The number of nitrogens with zero attached hydrogens (tertiary/aromatic N) is 1. The second-order valence-corrected chi connectivity index (χ2v) is 16.9. The molecule has 0 aliphatic heterocycles. The fourth-order valence-electron chi connectivity index (χ4n) is 10.7. The van der Waals surface area contributed by atoms with Crippen LogP contribution in [0.25, 0.3) is 0 Å². The molecule has 4 aliphatic carbocycles. The Kier molecular flexibility index (Phi) is 11.0. The standard InChI is InChI=1S/C44H55NO7/c1-28(33-17-18-34-40-35(26-37(48)44(33,34)4)43(3)21-20-32(46)24-31(43)25-36(40)47)16-19-38(49)52-23-22-42(2,27-39(50)51-5)45-41(29-12-8-6-9-13-29)30-14-10-7-11-15-30/h6-15,28,31,33-35,40H,16-27H2,1-5H3/t28?,31?,33-,34+,35+,40+,42?,43+,44-/m1/s1. The minimum absolute atomic E-state index is 0.0192. The Balaban J connectivity index is 1.09. The van der Waals surface area contributed by atoms with Gasteiger partial charge in [0, 0.05) is 61.0 Å². The number of Topliss-reactive ketones (excluding diaryl/α,β-unsaturated/α-hetero) is 3. The minimum Gasteiger partial charge on any atom is -0.469 e. The minimum atomic E-state index is -0.894. The van der Waals surface area contributed by atoms with Gasteiger partial charge >= 0.3 is 11.9 Å². The molecule has 8 nitrogen and oxygen atoms in total. The molecule has 4 aliphatic rings. The summed E-state index contributed by atoms with van der Waals surface area (Å²) in [5.74, 6) is 0.234. The highest BCUT2D eigenvalue weighted by Crippen LogP contribution is 2.66. The fourth-order valence-corrected chi connectivity index (χ4v) is 10.7. The van der Waals surface area contributed by atoms with Gasteiger partial charge in [0.15, 0.2) is 0 Å². The number of fused-ring (bicyclic) bond motifs is 5. The molecule has 0 amide bonds. The molecular formula is C44H55NO7. The third kappa shape index (κ3) is 7.32. The highest BCUT2D eigenvalue weighted by atomic mass is 16.5. The van der Waals surface area contributed by atoms with E-state index in [4.69, 9.17) is 14.5 Å². The first-order chi connectivity index (χ1) is 24.8. The summed E-state index contributed by atoms with van der Waals surface area (Å²) in [5.41, 5.74) is 0.966. The quantitative estimate of drug-likeness (QED) is 0.163. The van der Waals surface area contributed by atoms with E-state index in [0.717, 1.165) is 36.1 Å². The molecule has 4 saturated carbocycles. The van der Waals surface area contributed by atoms with Crippen LogP contribution in [-0.4, -0.2) is 54.3 Å². The number of benzene rings is 2. The van der Waals surface area contributed by atoms with Crippen LogP contribution in [0, 0.1) is 46.3 Å². The van der Waals surface area contributed by atoms with E-state index in [-0.39, 0.29) is 83.7 Å². The van der Waals surface area contributed by atoms with Crippen molar-refractivity contribution in [1.29, 1.82) is 0 Å². The SMILES string of the molecule is COC(=O)CC(C)(CCOC(=O)CCC(C)[C@H]1CC[C@H]2[C@@H]3C(=O)CC4CC(=O)CC[C@]4(C)[C@H]3CC(=O)[C@]12C)N=C(c1ccccc1)c1ccccc1. The Morgan fingerprint density at radius 2 is 1.56 bits per heavy atom. The Morgan fingerprint density at radius 1 is 0.904 bits per heavy atom. The van der Waals surface area contributed by atoms with Gasteiger partial charge in [-0.3, -0.25) is 29.0 Å². The van der Waals surface area contributed by atoms with Crippen molar-refractivity contribution in [3.8, 4) is 0 Å². The Morgan fingerprint density at radius 3 is 2.19 bits per heavy atom. The highest BCUT2D eigenvalue weighted by molar-refractivity contribution is 6.13. The summed E-state index contributed by atoms with van der Waals surface area (Å²) in [7, 11) is 1.36. The van der Waals surface area contributed by atoms with Crippen molar-refractivity contribution >= 4 is 35.0 Å². The first-order valence-corrected chi connectivity index (χ1v) is 19.3. The predicted molar refractivity (Wildman–Crippen MR) is 199 cm³/mol. The molecule has 0 N–H and O–H groups in total. The van der Waals surface area contributed by atoms with Gasteiger partial charge in [0.05, 0.1) is 31.4 Å². The lowest BCUT2D eigenvalue weighted by Crippen LogP contribution is -2.60. The zero-order valence-corrected chi connectivity index (χ0v) is 31.5. The summed E-state index contributed by atoms with van der Waals surface area (Å²) in [6.45, 7) is 8.45. The molecule has 0 spiro atoms. The van der Waals surface area contributed by atoms with Crippen LogP contribution in [0.4, 0.5) is 0 Å². The second-order valence-electron chi connectivity index (χ2n) is 16.9. The van der Waals surface area contributed by atoms with E-state index in [1.807, 2.05) is 67.6 Å². The molecular weight excluding hydrogens is 654 g/mol. The number of carbonyl (C=O) groups excluding carboxylic acids is 5.